The number of ether oxygens (including phenoxy) is 2. The molecule has 1 aromatic carbocycles. The summed E-state index contributed by atoms with van der Waals surface area (Å²) in [5.41, 5.74) is 7.51. The second kappa shape index (κ2) is 5.67. The summed E-state index contributed by atoms with van der Waals surface area (Å²) < 4.78 is 25.8. The predicted molar refractivity (Wildman–Crippen MR) is 90.6 cm³/mol. The van der Waals surface area contributed by atoms with E-state index >= 15 is 0 Å². The Bertz CT molecular complexity index is 753. The van der Waals surface area contributed by atoms with Crippen molar-refractivity contribution in [3.05, 3.63) is 35.8 Å². The highest BCUT2D eigenvalue weighted by atomic mass is 19.1. The van der Waals surface area contributed by atoms with Gasteiger partial charge in [-0.3, -0.25) is 4.98 Å². The molecule has 2 N–H and O–H groups in total. The summed E-state index contributed by atoms with van der Waals surface area (Å²) in [7, 11) is 1.61. The summed E-state index contributed by atoms with van der Waals surface area (Å²) in [6.45, 7) is 0.625. The zero-order chi connectivity index (χ0) is 16.8. The largest absolute Gasteiger partial charge is 0.497 e. The minimum absolute atomic E-state index is 0.135. The van der Waals surface area contributed by atoms with Crippen LogP contribution in [0, 0.1) is 5.82 Å². The van der Waals surface area contributed by atoms with E-state index < -0.39 is 0 Å². The Morgan fingerprint density at radius 1 is 1.29 bits per heavy atom. The fraction of sp³-hybridized carbons (Fsp3) is 0.526. The van der Waals surface area contributed by atoms with E-state index in [1.807, 2.05) is 18.2 Å². The lowest BCUT2D eigenvalue weighted by Gasteiger charge is -2.51. The molecule has 24 heavy (non-hydrogen) atoms. The summed E-state index contributed by atoms with van der Waals surface area (Å²) in [6.07, 6.45) is 6.71. The summed E-state index contributed by atoms with van der Waals surface area (Å²) in [6, 6.07) is 5.59. The molecule has 1 aliphatic carbocycles. The first-order valence-electron chi connectivity index (χ1n) is 8.57. The van der Waals surface area contributed by atoms with Gasteiger partial charge in [0.25, 0.3) is 0 Å². The number of benzene rings is 1. The van der Waals surface area contributed by atoms with Crippen LogP contribution in [-0.4, -0.2) is 29.8 Å². The average Bonchev–Trinajstić information content (AvgIpc) is 2.62. The van der Waals surface area contributed by atoms with Crippen LogP contribution in [0.1, 0.15) is 37.7 Å². The third-order valence-corrected chi connectivity index (χ3v) is 5.79. The molecule has 0 atom stereocenters. The zero-order valence-corrected chi connectivity index (χ0v) is 14.0. The number of nitrogens with two attached hydrogens (primary N) is 1. The van der Waals surface area contributed by atoms with Crippen LogP contribution < -0.4 is 10.5 Å². The van der Waals surface area contributed by atoms with Crippen LogP contribution in [0.25, 0.3) is 10.9 Å². The number of methoxy groups -OCH3 is 1. The number of aromatic nitrogens is 1. The molecule has 3 fully saturated rings. The topological polar surface area (TPSA) is 57.4 Å². The Hall–Kier alpha value is -1.72. The molecule has 0 spiro atoms. The van der Waals surface area contributed by atoms with Gasteiger partial charge in [-0.1, -0.05) is 0 Å². The molecule has 4 nitrogen and oxygen atoms in total. The number of halogens is 1. The van der Waals surface area contributed by atoms with Crippen LogP contribution in [0.15, 0.2) is 24.4 Å². The van der Waals surface area contributed by atoms with E-state index in [4.69, 9.17) is 15.2 Å². The standard InChI is InChI=1S/C19H23FN2O2/c1-23-13-2-3-17-15(10-13)14(16(20)11-22-17)4-5-19-8-6-18(21,7-9-19)12-24-19/h2-3,10-11H,4-9,12,21H2,1H3. The first-order valence-corrected chi connectivity index (χ1v) is 8.57. The first-order chi connectivity index (χ1) is 11.5. The van der Waals surface area contributed by atoms with Gasteiger partial charge >= 0.3 is 0 Å². The third-order valence-electron chi connectivity index (χ3n) is 5.79. The SMILES string of the molecule is COc1ccc2ncc(F)c(CCC34CCC(N)(CC3)CO4)c2c1. The highest BCUT2D eigenvalue weighted by molar-refractivity contribution is 5.83. The monoisotopic (exact) mass is 330 g/mol. The van der Waals surface area contributed by atoms with E-state index in [1.165, 1.54) is 6.20 Å². The van der Waals surface area contributed by atoms with Crippen LogP contribution >= 0.6 is 0 Å². The molecule has 5 heteroatoms. The summed E-state index contributed by atoms with van der Waals surface area (Å²) >= 11 is 0. The third kappa shape index (κ3) is 2.66. The number of nitrogens with zero attached hydrogens (tertiary/aromatic N) is 1. The molecular weight excluding hydrogens is 307 g/mol. The van der Waals surface area contributed by atoms with Crippen molar-refractivity contribution in [1.82, 2.24) is 4.98 Å². The van der Waals surface area contributed by atoms with E-state index in [0.29, 0.717) is 24.3 Å². The predicted octanol–water partition coefficient (Wildman–Crippen LogP) is 3.36. The fourth-order valence-corrected chi connectivity index (χ4v) is 4.05. The Morgan fingerprint density at radius 2 is 2.08 bits per heavy atom. The second-order valence-electron chi connectivity index (χ2n) is 7.30. The molecule has 0 radical (unpaired) electrons. The Labute approximate surface area is 141 Å². The molecule has 2 aromatic rings. The van der Waals surface area contributed by atoms with Gasteiger partial charge in [-0.25, -0.2) is 4.39 Å². The van der Waals surface area contributed by atoms with Crippen molar-refractivity contribution in [3.8, 4) is 5.75 Å². The van der Waals surface area contributed by atoms with Crippen LogP contribution in [0.4, 0.5) is 4.39 Å². The van der Waals surface area contributed by atoms with Crippen molar-refractivity contribution < 1.29 is 13.9 Å². The van der Waals surface area contributed by atoms with Gasteiger partial charge in [-0.15, -0.1) is 0 Å². The van der Waals surface area contributed by atoms with Gasteiger partial charge in [0.15, 0.2) is 0 Å². The van der Waals surface area contributed by atoms with E-state index in [-0.39, 0.29) is 17.0 Å². The van der Waals surface area contributed by atoms with Gasteiger partial charge < -0.3 is 15.2 Å². The Balaban J connectivity index is 1.61. The van der Waals surface area contributed by atoms with Crippen LogP contribution in [0.3, 0.4) is 0 Å². The van der Waals surface area contributed by atoms with E-state index in [9.17, 15) is 4.39 Å². The Kier molecular flexibility index (Phi) is 3.73. The lowest BCUT2D eigenvalue weighted by molar-refractivity contribution is -0.156. The van der Waals surface area contributed by atoms with Crippen molar-refractivity contribution in [1.29, 1.82) is 0 Å². The zero-order valence-electron chi connectivity index (χ0n) is 14.0. The number of pyridine rings is 1. The number of fused-ring (bicyclic) bond motifs is 4. The van der Waals surface area contributed by atoms with Gasteiger partial charge in [-0.2, -0.15) is 0 Å². The Morgan fingerprint density at radius 3 is 2.75 bits per heavy atom. The first kappa shape index (κ1) is 15.8. The van der Waals surface area contributed by atoms with E-state index in [1.54, 1.807) is 7.11 Å². The maximum atomic E-state index is 14.4. The summed E-state index contributed by atoms with van der Waals surface area (Å²) in [5, 5.41) is 0.825. The molecule has 3 heterocycles. The van der Waals surface area contributed by atoms with E-state index in [2.05, 4.69) is 4.98 Å². The number of hydrogen-bond donors (Lipinski definition) is 1. The summed E-state index contributed by atoms with van der Waals surface area (Å²) in [5.74, 6) is 0.459. The number of aryl methyl sites for hydroxylation is 1. The van der Waals surface area contributed by atoms with Crippen molar-refractivity contribution in [2.45, 2.75) is 49.7 Å². The maximum absolute atomic E-state index is 14.4. The summed E-state index contributed by atoms with van der Waals surface area (Å²) in [4.78, 5) is 4.19. The molecule has 5 rings (SSSR count). The van der Waals surface area contributed by atoms with Crippen molar-refractivity contribution in [2.24, 2.45) is 5.73 Å². The molecule has 2 bridgehead atoms. The molecule has 1 aromatic heterocycles. The molecular formula is C19H23FN2O2. The molecule has 3 aliphatic rings. The van der Waals surface area contributed by atoms with Crippen LogP contribution in [0.2, 0.25) is 0 Å². The van der Waals surface area contributed by atoms with Crippen molar-refractivity contribution in [2.75, 3.05) is 13.7 Å². The normalized spacial score (nSPS) is 29.1. The number of hydrogen-bond acceptors (Lipinski definition) is 4. The minimum Gasteiger partial charge on any atom is -0.497 e. The van der Waals surface area contributed by atoms with Crippen LogP contribution in [0.5, 0.6) is 5.75 Å². The van der Waals surface area contributed by atoms with Gasteiger partial charge in [-0.05, 0) is 62.3 Å². The maximum Gasteiger partial charge on any atom is 0.145 e. The van der Waals surface area contributed by atoms with Gasteiger partial charge in [0.1, 0.15) is 11.6 Å². The fourth-order valence-electron chi connectivity index (χ4n) is 4.05. The highest BCUT2D eigenvalue weighted by Gasteiger charge is 2.47. The van der Waals surface area contributed by atoms with E-state index in [0.717, 1.165) is 43.0 Å². The molecule has 2 saturated heterocycles. The van der Waals surface area contributed by atoms with Gasteiger partial charge in [0.05, 0.1) is 31.0 Å². The van der Waals surface area contributed by atoms with Gasteiger partial charge in [0.2, 0.25) is 0 Å². The molecule has 1 saturated carbocycles. The van der Waals surface area contributed by atoms with Crippen molar-refractivity contribution in [3.63, 3.8) is 0 Å². The smallest absolute Gasteiger partial charge is 0.145 e. The lowest BCUT2D eigenvalue weighted by Crippen LogP contribution is -2.59. The highest BCUT2D eigenvalue weighted by Crippen LogP contribution is 2.45. The second-order valence-corrected chi connectivity index (χ2v) is 7.30. The molecule has 128 valence electrons. The molecule has 0 unspecified atom stereocenters. The van der Waals surface area contributed by atoms with Crippen molar-refractivity contribution >= 4 is 10.9 Å². The quantitative estimate of drug-likeness (QED) is 0.934. The molecule has 2 aliphatic heterocycles. The average molecular weight is 330 g/mol. The molecule has 0 amide bonds. The van der Waals surface area contributed by atoms with Crippen LogP contribution in [-0.2, 0) is 11.2 Å². The van der Waals surface area contributed by atoms with Gasteiger partial charge in [0, 0.05) is 10.9 Å². The minimum atomic E-state index is -0.257. The number of rotatable bonds is 4. The lowest BCUT2D eigenvalue weighted by atomic mass is 9.70.